The number of ether oxygens (including phenoxy) is 1. The fourth-order valence-electron chi connectivity index (χ4n) is 1.95. The summed E-state index contributed by atoms with van der Waals surface area (Å²) in [5, 5.41) is 0.546. The molecule has 0 atom stereocenters. The molecule has 0 radical (unpaired) electrons. The molecule has 0 bridgehead atoms. The summed E-state index contributed by atoms with van der Waals surface area (Å²) in [5.74, 6) is -0.462. The highest BCUT2D eigenvalue weighted by Gasteiger charge is 2.19. The predicted molar refractivity (Wildman–Crippen MR) is 86.4 cm³/mol. The number of benzene rings is 2. The van der Waals surface area contributed by atoms with E-state index < -0.39 is 16.1 Å². The highest BCUT2D eigenvalue weighted by Crippen LogP contribution is 2.25. The standard InChI is InChI=1S/C16H15ClO5S/c1-3-11-9-13(7-8-15(11)17)22-23(19,20)14-6-4-5-12(10-14)16(18)21-2/h4-10H,3H2,1-2H3. The Morgan fingerprint density at radius 1 is 1.17 bits per heavy atom. The lowest BCUT2D eigenvalue weighted by molar-refractivity contribution is 0.0600. The van der Waals surface area contributed by atoms with E-state index in [9.17, 15) is 13.2 Å². The van der Waals surface area contributed by atoms with Crippen LogP contribution in [0.1, 0.15) is 22.8 Å². The first-order chi connectivity index (χ1) is 10.9. The fourth-order valence-corrected chi connectivity index (χ4v) is 3.17. The second kappa shape index (κ2) is 7.02. The number of hydrogen-bond donors (Lipinski definition) is 0. The van der Waals surface area contributed by atoms with E-state index in [2.05, 4.69) is 4.74 Å². The van der Waals surface area contributed by atoms with Gasteiger partial charge in [-0.25, -0.2) is 4.79 Å². The number of methoxy groups -OCH3 is 1. The number of carbonyl (C=O) groups excluding carboxylic acids is 1. The summed E-state index contributed by atoms with van der Waals surface area (Å²) < 4.78 is 34.4. The molecular formula is C16H15ClO5S. The Morgan fingerprint density at radius 3 is 2.57 bits per heavy atom. The Morgan fingerprint density at radius 2 is 1.91 bits per heavy atom. The maximum Gasteiger partial charge on any atom is 0.339 e. The lowest BCUT2D eigenvalue weighted by Gasteiger charge is -2.10. The van der Waals surface area contributed by atoms with E-state index in [-0.39, 0.29) is 16.2 Å². The molecule has 2 aromatic rings. The molecule has 5 nitrogen and oxygen atoms in total. The molecule has 0 aliphatic rings. The van der Waals surface area contributed by atoms with Gasteiger partial charge in [0.25, 0.3) is 0 Å². The van der Waals surface area contributed by atoms with E-state index in [1.807, 2.05) is 6.92 Å². The van der Waals surface area contributed by atoms with E-state index in [0.717, 1.165) is 5.56 Å². The Hall–Kier alpha value is -2.05. The van der Waals surface area contributed by atoms with Crippen LogP contribution >= 0.6 is 11.6 Å². The summed E-state index contributed by atoms with van der Waals surface area (Å²) in [4.78, 5) is 11.4. The Labute approximate surface area is 139 Å². The summed E-state index contributed by atoms with van der Waals surface area (Å²) in [5.41, 5.74) is 0.908. The van der Waals surface area contributed by atoms with Gasteiger partial charge < -0.3 is 8.92 Å². The first-order valence-electron chi connectivity index (χ1n) is 6.78. The van der Waals surface area contributed by atoms with Crippen molar-refractivity contribution in [3.8, 4) is 5.75 Å². The van der Waals surface area contributed by atoms with Crippen molar-refractivity contribution in [2.45, 2.75) is 18.2 Å². The summed E-state index contributed by atoms with van der Waals surface area (Å²) in [6.07, 6.45) is 0.647. The molecule has 0 aromatic heterocycles. The van der Waals surface area contributed by atoms with Gasteiger partial charge in [-0.05, 0) is 48.4 Å². The molecule has 0 saturated carbocycles. The summed E-state index contributed by atoms with van der Waals surface area (Å²) in [6, 6.07) is 10.1. The lowest BCUT2D eigenvalue weighted by Crippen LogP contribution is -2.11. The molecule has 0 aliphatic heterocycles. The minimum Gasteiger partial charge on any atom is -0.465 e. The second-order valence-electron chi connectivity index (χ2n) is 4.66. The monoisotopic (exact) mass is 354 g/mol. The van der Waals surface area contributed by atoms with Crippen molar-refractivity contribution in [1.29, 1.82) is 0 Å². The Kier molecular flexibility index (Phi) is 5.28. The minimum atomic E-state index is -4.07. The van der Waals surface area contributed by atoms with Crippen LogP contribution in [0.15, 0.2) is 47.4 Å². The summed E-state index contributed by atoms with van der Waals surface area (Å²) >= 11 is 6.00. The zero-order chi connectivity index (χ0) is 17.0. The average molecular weight is 355 g/mol. The first kappa shape index (κ1) is 17.3. The van der Waals surface area contributed by atoms with Crippen LogP contribution in [0.4, 0.5) is 0 Å². The van der Waals surface area contributed by atoms with Crippen molar-refractivity contribution in [3.05, 3.63) is 58.6 Å². The third-order valence-corrected chi connectivity index (χ3v) is 4.76. The van der Waals surface area contributed by atoms with E-state index in [0.29, 0.717) is 11.4 Å². The number of aryl methyl sites for hydroxylation is 1. The van der Waals surface area contributed by atoms with Gasteiger partial charge in [0, 0.05) is 5.02 Å². The molecule has 2 rings (SSSR count). The highest BCUT2D eigenvalue weighted by molar-refractivity contribution is 7.87. The van der Waals surface area contributed by atoms with Crippen LogP contribution in [-0.4, -0.2) is 21.5 Å². The minimum absolute atomic E-state index is 0.127. The normalized spacial score (nSPS) is 11.1. The Bertz CT molecular complexity index is 830. The van der Waals surface area contributed by atoms with Gasteiger partial charge in [-0.2, -0.15) is 8.42 Å². The fraction of sp³-hybridized carbons (Fsp3) is 0.188. The molecule has 23 heavy (non-hydrogen) atoms. The molecule has 7 heteroatoms. The molecule has 0 fully saturated rings. The molecule has 0 N–H and O–H groups in total. The number of hydrogen-bond acceptors (Lipinski definition) is 5. The number of rotatable bonds is 5. The van der Waals surface area contributed by atoms with Crippen molar-refractivity contribution in [2.75, 3.05) is 7.11 Å². The van der Waals surface area contributed by atoms with Crippen LogP contribution in [0.25, 0.3) is 0 Å². The van der Waals surface area contributed by atoms with Crippen molar-refractivity contribution in [3.63, 3.8) is 0 Å². The number of halogens is 1. The van der Waals surface area contributed by atoms with Gasteiger partial charge in [0.15, 0.2) is 0 Å². The van der Waals surface area contributed by atoms with Crippen molar-refractivity contribution < 1.29 is 22.1 Å². The summed E-state index contributed by atoms with van der Waals surface area (Å²) in [7, 11) is -2.84. The van der Waals surface area contributed by atoms with Crippen LogP contribution in [-0.2, 0) is 21.3 Å². The SMILES string of the molecule is CCc1cc(OS(=O)(=O)c2cccc(C(=O)OC)c2)ccc1Cl. The lowest BCUT2D eigenvalue weighted by atomic mass is 10.2. The maximum absolute atomic E-state index is 12.3. The maximum atomic E-state index is 12.3. The van der Waals surface area contributed by atoms with Gasteiger partial charge in [-0.3, -0.25) is 0 Å². The van der Waals surface area contributed by atoms with Crippen molar-refractivity contribution in [2.24, 2.45) is 0 Å². The van der Waals surface area contributed by atoms with Gasteiger partial charge >= 0.3 is 16.1 Å². The molecule has 0 spiro atoms. The van der Waals surface area contributed by atoms with Crippen LogP contribution in [0.3, 0.4) is 0 Å². The second-order valence-corrected chi connectivity index (χ2v) is 6.62. The predicted octanol–water partition coefficient (Wildman–Crippen LogP) is 3.46. The van der Waals surface area contributed by atoms with Crippen LogP contribution in [0.5, 0.6) is 5.75 Å². The highest BCUT2D eigenvalue weighted by atomic mass is 35.5. The number of esters is 1. The van der Waals surface area contributed by atoms with E-state index >= 15 is 0 Å². The van der Waals surface area contributed by atoms with Gasteiger partial charge in [0.1, 0.15) is 10.6 Å². The van der Waals surface area contributed by atoms with E-state index in [4.69, 9.17) is 15.8 Å². The van der Waals surface area contributed by atoms with E-state index in [1.54, 1.807) is 12.1 Å². The van der Waals surface area contributed by atoms with Gasteiger partial charge in [-0.15, -0.1) is 0 Å². The van der Waals surface area contributed by atoms with Crippen LogP contribution < -0.4 is 4.18 Å². The van der Waals surface area contributed by atoms with Gasteiger partial charge in [0.2, 0.25) is 0 Å². The molecule has 0 unspecified atom stereocenters. The molecule has 2 aromatic carbocycles. The molecule has 0 aliphatic carbocycles. The molecule has 0 heterocycles. The zero-order valence-electron chi connectivity index (χ0n) is 12.6. The van der Waals surface area contributed by atoms with Crippen molar-refractivity contribution >= 4 is 27.7 Å². The molecular weight excluding hydrogens is 340 g/mol. The third kappa shape index (κ3) is 4.03. The Balaban J connectivity index is 2.34. The topological polar surface area (TPSA) is 69.7 Å². The smallest absolute Gasteiger partial charge is 0.339 e. The third-order valence-electron chi connectivity index (χ3n) is 3.15. The molecule has 0 saturated heterocycles. The van der Waals surface area contributed by atoms with Gasteiger partial charge in [0.05, 0.1) is 12.7 Å². The molecule has 0 amide bonds. The van der Waals surface area contributed by atoms with Gasteiger partial charge in [-0.1, -0.05) is 24.6 Å². The largest absolute Gasteiger partial charge is 0.465 e. The zero-order valence-corrected chi connectivity index (χ0v) is 14.1. The summed E-state index contributed by atoms with van der Waals surface area (Å²) in [6.45, 7) is 1.90. The van der Waals surface area contributed by atoms with E-state index in [1.165, 1.54) is 37.4 Å². The van der Waals surface area contributed by atoms with Crippen LogP contribution in [0, 0.1) is 0 Å². The van der Waals surface area contributed by atoms with Crippen molar-refractivity contribution in [1.82, 2.24) is 0 Å². The quantitative estimate of drug-likeness (QED) is 0.607. The molecule has 122 valence electrons. The average Bonchev–Trinajstić information content (AvgIpc) is 2.55. The number of carbonyl (C=O) groups is 1. The van der Waals surface area contributed by atoms with Crippen LogP contribution in [0.2, 0.25) is 5.02 Å². The first-order valence-corrected chi connectivity index (χ1v) is 8.57.